The molecule has 0 saturated carbocycles. The van der Waals surface area contributed by atoms with E-state index >= 15 is 0 Å². The SMILES string of the molecule is CC(C)NCc1ccc2c(ccn2CC2CCC(C)O2)c1. The van der Waals surface area contributed by atoms with Gasteiger partial charge in [0.1, 0.15) is 0 Å². The Morgan fingerprint density at radius 2 is 2.14 bits per heavy atom. The Morgan fingerprint density at radius 3 is 2.86 bits per heavy atom. The van der Waals surface area contributed by atoms with Gasteiger partial charge in [-0.3, -0.25) is 0 Å². The van der Waals surface area contributed by atoms with Crippen LogP contribution >= 0.6 is 0 Å². The second-order valence-electron chi connectivity index (χ2n) is 6.54. The van der Waals surface area contributed by atoms with Crippen molar-refractivity contribution in [1.29, 1.82) is 0 Å². The lowest BCUT2D eigenvalue weighted by Crippen LogP contribution is -2.21. The van der Waals surface area contributed by atoms with Crippen molar-refractivity contribution in [3.63, 3.8) is 0 Å². The van der Waals surface area contributed by atoms with Crippen molar-refractivity contribution in [2.24, 2.45) is 0 Å². The van der Waals surface area contributed by atoms with Crippen molar-refractivity contribution in [1.82, 2.24) is 9.88 Å². The average molecular weight is 286 g/mol. The topological polar surface area (TPSA) is 26.2 Å². The van der Waals surface area contributed by atoms with Crippen LogP contribution in [0.25, 0.3) is 10.9 Å². The van der Waals surface area contributed by atoms with Gasteiger partial charge in [-0.15, -0.1) is 0 Å². The summed E-state index contributed by atoms with van der Waals surface area (Å²) in [6.45, 7) is 8.43. The fourth-order valence-electron chi connectivity index (χ4n) is 3.08. The molecule has 2 unspecified atom stereocenters. The third-order valence-corrected chi connectivity index (χ3v) is 4.27. The fraction of sp³-hybridized carbons (Fsp3) is 0.556. The van der Waals surface area contributed by atoms with Gasteiger partial charge in [0, 0.05) is 30.8 Å². The Bertz CT molecular complexity index is 602. The number of nitrogens with one attached hydrogen (secondary N) is 1. The lowest BCUT2D eigenvalue weighted by Gasteiger charge is -2.13. The number of ether oxygens (including phenoxy) is 1. The minimum atomic E-state index is 0.373. The van der Waals surface area contributed by atoms with E-state index in [1.807, 2.05) is 0 Å². The third-order valence-electron chi connectivity index (χ3n) is 4.27. The van der Waals surface area contributed by atoms with Gasteiger partial charge < -0.3 is 14.6 Å². The monoisotopic (exact) mass is 286 g/mol. The number of fused-ring (bicyclic) bond motifs is 1. The summed E-state index contributed by atoms with van der Waals surface area (Å²) in [5.41, 5.74) is 2.66. The summed E-state index contributed by atoms with van der Waals surface area (Å²) < 4.78 is 8.27. The molecule has 1 aliphatic heterocycles. The van der Waals surface area contributed by atoms with E-state index < -0.39 is 0 Å². The molecule has 2 aromatic rings. The molecule has 0 bridgehead atoms. The van der Waals surface area contributed by atoms with Crippen molar-refractivity contribution in [3.05, 3.63) is 36.0 Å². The molecule has 114 valence electrons. The summed E-state index contributed by atoms with van der Waals surface area (Å²) in [5, 5.41) is 4.79. The Morgan fingerprint density at radius 1 is 1.29 bits per heavy atom. The van der Waals surface area contributed by atoms with E-state index in [0.717, 1.165) is 13.1 Å². The molecule has 3 rings (SSSR count). The number of hydrogen-bond acceptors (Lipinski definition) is 2. The van der Waals surface area contributed by atoms with Crippen molar-refractivity contribution in [3.8, 4) is 0 Å². The van der Waals surface area contributed by atoms with Crippen LogP contribution in [-0.2, 0) is 17.8 Å². The zero-order valence-electron chi connectivity index (χ0n) is 13.3. The van der Waals surface area contributed by atoms with Gasteiger partial charge in [-0.1, -0.05) is 19.9 Å². The Kier molecular flexibility index (Phi) is 4.32. The Hall–Kier alpha value is -1.32. The van der Waals surface area contributed by atoms with Gasteiger partial charge in [-0.25, -0.2) is 0 Å². The number of rotatable bonds is 5. The van der Waals surface area contributed by atoms with Crippen LogP contribution in [0.3, 0.4) is 0 Å². The molecule has 0 aliphatic carbocycles. The van der Waals surface area contributed by atoms with Gasteiger partial charge in [-0.2, -0.15) is 0 Å². The maximum atomic E-state index is 5.94. The molecule has 0 spiro atoms. The van der Waals surface area contributed by atoms with Crippen molar-refractivity contribution in [2.45, 2.75) is 65.0 Å². The first kappa shape index (κ1) is 14.6. The highest BCUT2D eigenvalue weighted by Crippen LogP contribution is 2.23. The van der Waals surface area contributed by atoms with E-state index in [2.05, 4.69) is 61.1 Å². The molecule has 1 aromatic carbocycles. The smallest absolute Gasteiger partial charge is 0.0758 e. The zero-order valence-corrected chi connectivity index (χ0v) is 13.3. The fourth-order valence-corrected chi connectivity index (χ4v) is 3.08. The van der Waals surface area contributed by atoms with Crippen LogP contribution in [0.1, 0.15) is 39.2 Å². The van der Waals surface area contributed by atoms with Gasteiger partial charge in [0.2, 0.25) is 0 Å². The van der Waals surface area contributed by atoms with Crippen LogP contribution < -0.4 is 5.32 Å². The van der Waals surface area contributed by atoms with E-state index in [1.165, 1.54) is 29.3 Å². The molecule has 1 fully saturated rings. The Labute approximate surface area is 127 Å². The molecule has 2 heterocycles. The highest BCUT2D eigenvalue weighted by atomic mass is 16.5. The van der Waals surface area contributed by atoms with Crippen LogP contribution in [0.2, 0.25) is 0 Å². The first-order valence-electron chi connectivity index (χ1n) is 8.08. The molecule has 3 nitrogen and oxygen atoms in total. The summed E-state index contributed by atoms with van der Waals surface area (Å²) in [6.07, 6.45) is 5.35. The van der Waals surface area contributed by atoms with Gasteiger partial charge in [0.15, 0.2) is 0 Å². The van der Waals surface area contributed by atoms with E-state index in [-0.39, 0.29) is 0 Å². The first-order chi connectivity index (χ1) is 10.1. The zero-order chi connectivity index (χ0) is 14.8. The number of hydrogen-bond donors (Lipinski definition) is 1. The molecule has 1 N–H and O–H groups in total. The highest BCUT2D eigenvalue weighted by Gasteiger charge is 2.22. The minimum absolute atomic E-state index is 0.373. The molecule has 2 atom stereocenters. The molecule has 0 amide bonds. The van der Waals surface area contributed by atoms with Crippen LogP contribution in [0.15, 0.2) is 30.5 Å². The van der Waals surface area contributed by atoms with E-state index in [9.17, 15) is 0 Å². The number of nitrogens with zero attached hydrogens (tertiary/aromatic N) is 1. The summed E-state index contributed by atoms with van der Waals surface area (Å²) in [5.74, 6) is 0. The molecular weight excluding hydrogens is 260 g/mol. The number of aromatic nitrogens is 1. The average Bonchev–Trinajstić information content (AvgIpc) is 3.04. The van der Waals surface area contributed by atoms with Crippen LogP contribution in [0.4, 0.5) is 0 Å². The van der Waals surface area contributed by atoms with Crippen molar-refractivity contribution in [2.75, 3.05) is 0 Å². The molecule has 3 heteroatoms. The van der Waals surface area contributed by atoms with E-state index in [1.54, 1.807) is 0 Å². The molecule has 1 saturated heterocycles. The molecular formula is C18H26N2O. The van der Waals surface area contributed by atoms with E-state index in [4.69, 9.17) is 4.74 Å². The predicted molar refractivity (Wildman–Crippen MR) is 87.5 cm³/mol. The van der Waals surface area contributed by atoms with Crippen LogP contribution in [0.5, 0.6) is 0 Å². The molecule has 1 aliphatic rings. The normalized spacial score (nSPS) is 22.5. The second kappa shape index (κ2) is 6.20. The van der Waals surface area contributed by atoms with Gasteiger partial charge in [0.05, 0.1) is 12.2 Å². The summed E-state index contributed by atoms with van der Waals surface area (Å²) >= 11 is 0. The predicted octanol–water partition coefficient (Wildman–Crippen LogP) is 3.71. The second-order valence-corrected chi connectivity index (χ2v) is 6.54. The molecule has 1 aromatic heterocycles. The van der Waals surface area contributed by atoms with Crippen molar-refractivity contribution >= 4 is 10.9 Å². The maximum absolute atomic E-state index is 5.94. The summed E-state index contributed by atoms with van der Waals surface area (Å²) in [4.78, 5) is 0. The number of benzene rings is 1. The maximum Gasteiger partial charge on any atom is 0.0758 e. The Balaban J connectivity index is 1.73. The van der Waals surface area contributed by atoms with Gasteiger partial charge in [-0.05, 0) is 48.9 Å². The van der Waals surface area contributed by atoms with Crippen LogP contribution in [0, 0.1) is 0 Å². The lowest BCUT2D eigenvalue weighted by atomic mass is 10.1. The minimum Gasteiger partial charge on any atom is -0.373 e. The lowest BCUT2D eigenvalue weighted by molar-refractivity contribution is 0.0465. The summed E-state index contributed by atoms with van der Waals surface area (Å²) in [7, 11) is 0. The third kappa shape index (κ3) is 3.47. The first-order valence-corrected chi connectivity index (χ1v) is 8.08. The largest absolute Gasteiger partial charge is 0.373 e. The van der Waals surface area contributed by atoms with E-state index in [0.29, 0.717) is 18.2 Å². The quantitative estimate of drug-likeness (QED) is 0.907. The summed E-state index contributed by atoms with van der Waals surface area (Å²) in [6, 6.07) is 9.50. The van der Waals surface area contributed by atoms with Crippen LogP contribution in [-0.4, -0.2) is 22.8 Å². The molecule has 0 radical (unpaired) electrons. The standard InChI is InChI=1S/C18H26N2O/c1-13(2)19-11-15-5-7-18-16(10-15)8-9-20(18)12-17-6-4-14(3)21-17/h5,7-10,13-14,17,19H,4,6,11-12H2,1-3H3. The van der Waals surface area contributed by atoms with Gasteiger partial charge in [0.25, 0.3) is 0 Å². The molecule has 21 heavy (non-hydrogen) atoms. The van der Waals surface area contributed by atoms with Crippen molar-refractivity contribution < 1.29 is 4.74 Å². The highest BCUT2D eigenvalue weighted by molar-refractivity contribution is 5.80. The van der Waals surface area contributed by atoms with Gasteiger partial charge >= 0.3 is 0 Å².